The van der Waals surface area contributed by atoms with Crippen molar-refractivity contribution in [1.29, 1.82) is 0 Å². The van der Waals surface area contributed by atoms with E-state index in [4.69, 9.17) is 9.47 Å². The molecule has 1 rings (SSSR count). The molecule has 7 nitrogen and oxygen atoms in total. The molecule has 1 aromatic heterocycles. The summed E-state index contributed by atoms with van der Waals surface area (Å²) in [6, 6.07) is -0.273. The number of aromatic nitrogens is 2. The summed E-state index contributed by atoms with van der Waals surface area (Å²) >= 11 is 0. The lowest BCUT2D eigenvalue weighted by Crippen LogP contribution is -2.42. The van der Waals surface area contributed by atoms with Gasteiger partial charge in [-0.3, -0.25) is 5.10 Å². The first-order valence-corrected chi connectivity index (χ1v) is 6.96. The Hall–Kier alpha value is -0.960. The van der Waals surface area contributed by atoms with Crippen LogP contribution in [0.5, 0.6) is 0 Å². The van der Waals surface area contributed by atoms with Gasteiger partial charge in [0.15, 0.2) is 0 Å². The quantitative estimate of drug-likeness (QED) is 0.727. The highest BCUT2D eigenvalue weighted by Crippen LogP contribution is 2.16. The van der Waals surface area contributed by atoms with Crippen LogP contribution in [0.3, 0.4) is 0 Å². The third-order valence-electron chi connectivity index (χ3n) is 2.50. The normalized spacial score (nSPS) is 14.0. The van der Waals surface area contributed by atoms with Gasteiger partial charge in [0.1, 0.15) is 4.90 Å². The molecule has 0 bridgehead atoms. The Morgan fingerprint density at radius 3 is 2.67 bits per heavy atom. The summed E-state index contributed by atoms with van der Waals surface area (Å²) in [6.45, 7) is 2.71. The second-order valence-electron chi connectivity index (χ2n) is 3.85. The van der Waals surface area contributed by atoms with Gasteiger partial charge >= 0.3 is 0 Å². The van der Waals surface area contributed by atoms with Gasteiger partial charge < -0.3 is 9.47 Å². The maximum atomic E-state index is 12.4. The molecule has 18 heavy (non-hydrogen) atoms. The second kappa shape index (κ2) is 6.83. The zero-order chi connectivity index (χ0) is 13.6. The highest BCUT2D eigenvalue weighted by molar-refractivity contribution is 7.89. The van der Waals surface area contributed by atoms with E-state index in [-0.39, 0.29) is 17.5 Å². The first-order chi connectivity index (χ1) is 8.54. The maximum absolute atomic E-state index is 12.4. The number of nitrogens with zero attached hydrogens (tertiary/aromatic N) is 2. The van der Waals surface area contributed by atoms with Crippen molar-refractivity contribution in [2.24, 2.45) is 0 Å². The topological polar surface area (TPSA) is 84.5 Å². The van der Waals surface area contributed by atoms with Crippen molar-refractivity contribution in [3.05, 3.63) is 12.4 Å². The lowest BCUT2D eigenvalue weighted by molar-refractivity contribution is 0.119. The van der Waals surface area contributed by atoms with Gasteiger partial charge in [-0.25, -0.2) is 8.42 Å². The van der Waals surface area contributed by atoms with Crippen LogP contribution < -0.4 is 0 Å². The van der Waals surface area contributed by atoms with E-state index in [9.17, 15) is 8.42 Å². The van der Waals surface area contributed by atoms with Gasteiger partial charge in [0.05, 0.1) is 19.4 Å². The minimum atomic E-state index is -3.57. The van der Waals surface area contributed by atoms with E-state index < -0.39 is 10.0 Å². The van der Waals surface area contributed by atoms with Gasteiger partial charge in [0.25, 0.3) is 0 Å². The molecule has 0 aliphatic carbocycles. The monoisotopic (exact) mass is 277 g/mol. The van der Waals surface area contributed by atoms with Crippen molar-refractivity contribution in [1.82, 2.24) is 14.5 Å². The molecule has 8 heteroatoms. The van der Waals surface area contributed by atoms with E-state index in [2.05, 4.69) is 10.2 Å². The Morgan fingerprint density at radius 2 is 2.17 bits per heavy atom. The molecular formula is C10H19N3O4S. The molecule has 1 unspecified atom stereocenters. The number of H-pyrrole nitrogens is 1. The number of ether oxygens (including phenoxy) is 2. The number of nitrogens with one attached hydrogen (secondary N) is 1. The molecule has 1 atom stereocenters. The van der Waals surface area contributed by atoms with Gasteiger partial charge in [0, 0.05) is 33.0 Å². The molecule has 0 spiro atoms. The van der Waals surface area contributed by atoms with Gasteiger partial charge in [-0.2, -0.15) is 9.40 Å². The average molecular weight is 277 g/mol. The van der Waals surface area contributed by atoms with Crippen molar-refractivity contribution in [3.63, 3.8) is 0 Å². The van der Waals surface area contributed by atoms with Crippen molar-refractivity contribution in [2.45, 2.75) is 17.9 Å². The van der Waals surface area contributed by atoms with Crippen LogP contribution >= 0.6 is 0 Å². The second-order valence-corrected chi connectivity index (χ2v) is 5.74. The molecule has 0 aliphatic rings. The zero-order valence-electron chi connectivity index (χ0n) is 10.8. The Labute approximate surface area is 107 Å². The third kappa shape index (κ3) is 3.52. The Morgan fingerprint density at radius 1 is 1.44 bits per heavy atom. The molecule has 104 valence electrons. The van der Waals surface area contributed by atoms with E-state index in [1.54, 1.807) is 6.92 Å². The molecule has 1 aromatic rings. The number of hydrogen-bond donors (Lipinski definition) is 1. The number of sulfonamides is 1. The molecule has 0 amide bonds. The minimum Gasteiger partial charge on any atom is -0.383 e. The van der Waals surface area contributed by atoms with Crippen molar-refractivity contribution in [3.8, 4) is 0 Å². The molecule has 0 aromatic carbocycles. The average Bonchev–Trinajstić information content (AvgIpc) is 2.83. The SMILES string of the molecule is COCCN(C(C)COC)S(=O)(=O)c1cn[nH]c1. The lowest BCUT2D eigenvalue weighted by atomic mass is 10.3. The number of rotatable bonds is 8. The fraction of sp³-hybridized carbons (Fsp3) is 0.700. The van der Waals surface area contributed by atoms with Crippen LogP contribution in [0.2, 0.25) is 0 Å². The minimum absolute atomic E-state index is 0.140. The van der Waals surface area contributed by atoms with Crippen LogP contribution in [0.25, 0.3) is 0 Å². The van der Waals surface area contributed by atoms with Gasteiger partial charge in [0.2, 0.25) is 10.0 Å². The van der Waals surface area contributed by atoms with Crippen LogP contribution in [0.1, 0.15) is 6.92 Å². The van der Waals surface area contributed by atoms with Gasteiger partial charge in [-0.05, 0) is 6.92 Å². The lowest BCUT2D eigenvalue weighted by Gasteiger charge is -2.27. The molecule has 0 radical (unpaired) electrons. The summed E-state index contributed by atoms with van der Waals surface area (Å²) in [4.78, 5) is 0.140. The Bertz CT molecular complexity index is 432. The fourth-order valence-corrected chi connectivity index (χ4v) is 3.11. The molecule has 1 N–H and O–H groups in total. The largest absolute Gasteiger partial charge is 0.383 e. The van der Waals surface area contributed by atoms with Gasteiger partial charge in [-0.1, -0.05) is 0 Å². The maximum Gasteiger partial charge on any atom is 0.246 e. The first-order valence-electron chi connectivity index (χ1n) is 5.52. The molecular weight excluding hydrogens is 258 g/mol. The third-order valence-corrected chi connectivity index (χ3v) is 4.47. The van der Waals surface area contributed by atoms with Crippen LogP contribution in [-0.4, -0.2) is 62.9 Å². The molecule has 0 saturated heterocycles. The summed E-state index contributed by atoms with van der Waals surface area (Å²) in [5.74, 6) is 0. The molecule has 0 aliphatic heterocycles. The Kier molecular flexibility index (Phi) is 5.73. The standard InChI is InChI=1S/C10H19N3O4S/c1-9(8-17-3)13(4-5-16-2)18(14,15)10-6-11-12-7-10/h6-7,9H,4-5,8H2,1-3H3,(H,11,12). The molecule has 0 saturated carbocycles. The summed E-state index contributed by atoms with van der Waals surface area (Å²) in [5.41, 5.74) is 0. The van der Waals surface area contributed by atoms with E-state index in [1.165, 1.54) is 30.9 Å². The smallest absolute Gasteiger partial charge is 0.246 e. The summed E-state index contributed by atoms with van der Waals surface area (Å²) in [5, 5.41) is 6.16. The number of hydrogen-bond acceptors (Lipinski definition) is 5. The van der Waals surface area contributed by atoms with Crippen molar-refractivity contribution >= 4 is 10.0 Å². The van der Waals surface area contributed by atoms with Crippen molar-refractivity contribution < 1.29 is 17.9 Å². The van der Waals surface area contributed by atoms with Crippen molar-refractivity contribution in [2.75, 3.05) is 34.0 Å². The number of methoxy groups -OCH3 is 2. The predicted molar refractivity (Wildman–Crippen MR) is 65.7 cm³/mol. The predicted octanol–water partition coefficient (Wildman–Crippen LogP) is 0.0817. The van der Waals surface area contributed by atoms with Crippen LogP contribution in [-0.2, 0) is 19.5 Å². The van der Waals surface area contributed by atoms with E-state index in [0.717, 1.165) is 0 Å². The zero-order valence-corrected chi connectivity index (χ0v) is 11.6. The summed E-state index contributed by atoms with van der Waals surface area (Å²) in [6.07, 6.45) is 2.64. The number of aromatic amines is 1. The first kappa shape index (κ1) is 15.1. The molecule has 0 fully saturated rings. The Balaban J connectivity index is 2.94. The molecule has 1 heterocycles. The van der Waals surface area contributed by atoms with E-state index in [1.807, 2.05) is 0 Å². The van der Waals surface area contributed by atoms with Gasteiger partial charge in [-0.15, -0.1) is 0 Å². The van der Waals surface area contributed by atoms with Crippen LogP contribution in [0.15, 0.2) is 17.3 Å². The summed E-state index contributed by atoms with van der Waals surface area (Å²) < 4.78 is 36.0. The fourth-order valence-electron chi connectivity index (χ4n) is 1.60. The van der Waals surface area contributed by atoms with Crippen LogP contribution in [0, 0.1) is 0 Å². The van der Waals surface area contributed by atoms with E-state index >= 15 is 0 Å². The summed E-state index contributed by atoms with van der Waals surface area (Å²) in [7, 11) is -0.503. The van der Waals surface area contributed by atoms with Crippen LogP contribution in [0.4, 0.5) is 0 Å². The van der Waals surface area contributed by atoms with E-state index in [0.29, 0.717) is 13.2 Å². The highest BCUT2D eigenvalue weighted by atomic mass is 32.2. The highest BCUT2D eigenvalue weighted by Gasteiger charge is 2.29.